The van der Waals surface area contributed by atoms with Crippen LogP contribution in [0.5, 0.6) is 5.75 Å². The summed E-state index contributed by atoms with van der Waals surface area (Å²) in [6, 6.07) is 16.4. The normalized spacial score (nSPS) is 10.3. The van der Waals surface area contributed by atoms with Crippen LogP contribution in [0.15, 0.2) is 54.6 Å². The molecule has 0 radical (unpaired) electrons. The van der Waals surface area contributed by atoms with Gasteiger partial charge in [0.15, 0.2) is 0 Å². The zero-order valence-electron chi connectivity index (χ0n) is 14.9. The predicted octanol–water partition coefficient (Wildman–Crippen LogP) is 4.10. The molecule has 0 aliphatic heterocycles. The van der Waals surface area contributed by atoms with Crippen LogP contribution in [0.2, 0.25) is 0 Å². The van der Waals surface area contributed by atoms with Crippen molar-refractivity contribution in [2.75, 3.05) is 17.7 Å². The quantitative estimate of drug-likeness (QED) is 0.726. The van der Waals surface area contributed by atoms with E-state index in [2.05, 4.69) is 20.6 Å². The van der Waals surface area contributed by atoms with E-state index in [1.807, 2.05) is 50.2 Å². The molecule has 3 rings (SSSR count). The Labute approximate surface area is 152 Å². The predicted molar refractivity (Wildman–Crippen MR) is 102 cm³/mol. The molecule has 0 fully saturated rings. The highest BCUT2D eigenvalue weighted by molar-refractivity contribution is 6.08. The highest BCUT2D eigenvalue weighted by atomic mass is 16.5. The van der Waals surface area contributed by atoms with Crippen molar-refractivity contribution in [3.63, 3.8) is 0 Å². The number of carbonyl (C=O) groups excluding carboxylic acids is 1. The van der Waals surface area contributed by atoms with Gasteiger partial charge in [-0.3, -0.25) is 4.79 Å². The van der Waals surface area contributed by atoms with Crippen molar-refractivity contribution in [1.29, 1.82) is 0 Å². The first-order chi connectivity index (χ1) is 12.6. The summed E-state index contributed by atoms with van der Waals surface area (Å²) in [5.74, 6) is 0.811. The molecule has 3 aromatic rings. The van der Waals surface area contributed by atoms with Gasteiger partial charge >= 0.3 is 0 Å². The lowest BCUT2D eigenvalue weighted by molar-refractivity contribution is 0.102. The highest BCUT2D eigenvalue weighted by Crippen LogP contribution is 2.25. The number of aryl methyl sites for hydroxylation is 2. The van der Waals surface area contributed by atoms with E-state index in [-0.39, 0.29) is 5.91 Å². The maximum absolute atomic E-state index is 12.8. The summed E-state index contributed by atoms with van der Waals surface area (Å²) in [4.78, 5) is 21.5. The van der Waals surface area contributed by atoms with Gasteiger partial charge in [0, 0.05) is 11.4 Å². The molecule has 1 aromatic heterocycles. The summed E-state index contributed by atoms with van der Waals surface area (Å²) in [5.41, 5.74) is 3.44. The number of carbonyl (C=O) groups is 1. The number of anilines is 3. The summed E-state index contributed by atoms with van der Waals surface area (Å²) in [6.45, 7) is 3.81. The van der Waals surface area contributed by atoms with Crippen molar-refractivity contribution in [1.82, 2.24) is 9.97 Å². The average Bonchev–Trinajstić information content (AvgIpc) is 2.61. The zero-order chi connectivity index (χ0) is 18.5. The Morgan fingerprint density at radius 2 is 1.54 bits per heavy atom. The molecule has 0 bridgehead atoms. The number of nitrogens with zero attached hydrogens (tertiary/aromatic N) is 2. The van der Waals surface area contributed by atoms with Crippen LogP contribution in [0.25, 0.3) is 0 Å². The molecule has 0 atom stereocenters. The number of hydrogen-bond donors (Lipinski definition) is 2. The SMILES string of the molecule is COc1ccccc1NC(=O)c1ccccc1Nc1nc(C)cc(C)n1. The third kappa shape index (κ3) is 3.97. The lowest BCUT2D eigenvalue weighted by Crippen LogP contribution is -2.15. The molecule has 0 aliphatic rings. The molecule has 2 aromatic carbocycles. The van der Waals surface area contributed by atoms with E-state index < -0.39 is 0 Å². The maximum atomic E-state index is 12.8. The molecule has 0 saturated heterocycles. The van der Waals surface area contributed by atoms with E-state index >= 15 is 0 Å². The second kappa shape index (κ2) is 7.65. The summed E-state index contributed by atoms with van der Waals surface area (Å²) < 4.78 is 5.28. The highest BCUT2D eigenvalue weighted by Gasteiger charge is 2.14. The Hall–Kier alpha value is -3.41. The van der Waals surface area contributed by atoms with Crippen molar-refractivity contribution >= 4 is 23.2 Å². The van der Waals surface area contributed by atoms with Gasteiger partial charge in [0.2, 0.25) is 5.95 Å². The van der Waals surface area contributed by atoms with E-state index in [9.17, 15) is 4.79 Å². The molecular weight excluding hydrogens is 328 g/mol. The first-order valence-electron chi connectivity index (χ1n) is 8.19. The van der Waals surface area contributed by atoms with Crippen LogP contribution in [-0.4, -0.2) is 23.0 Å². The third-order valence-corrected chi connectivity index (χ3v) is 3.76. The molecular formula is C20H20N4O2. The first-order valence-corrected chi connectivity index (χ1v) is 8.19. The third-order valence-electron chi connectivity index (χ3n) is 3.76. The Balaban J connectivity index is 1.87. The van der Waals surface area contributed by atoms with E-state index in [0.717, 1.165) is 11.4 Å². The lowest BCUT2D eigenvalue weighted by Gasteiger charge is -2.13. The van der Waals surface area contributed by atoms with Crippen molar-refractivity contribution in [3.05, 3.63) is 71.5 Å². The van der Waals surface area contributed by atoms with Gasteiger partial charge in [-0.15, -0.1) is 0 Å². The van der Waals surface area contributed by atoms with Crippen LogP contribution in [-0.2, 0) is 0 Å². The van der Waals surface area contributed by atoms with Crippen LogP contribution in [0.3, 0.4) is 0 Å². The molecule has 0 saturated carbocycles. The number of aromatic nitrogens is 2. The molecule has 2 N–H and O–H groups in total. The van der Waals surface area contributed by atoms with Gasteiger partial charge in [-0.1, -0.05) is 24.3 Å². The number of ether oxygens (including phenoxy) is 1. The number of rotatable bonds is 5. The number of para-hydroxylation sites is 3. The van der Waals surface area contributed by atoms with Crippen LogP contribution in [0.1, 0.15) is 21.7 Å². The van der Waals surface area contributed by atoms with E-state index in [1.165, 1.54) is 0 Å². The number of amides is 1. The fourth-order valence-electron chi connectivity index (χ4n) is 2.63. The Morgan fingerprint density at radius 3 is 2.23 bits per heavy atom. The van der Waals surface area contributed by atoms with Crippen molar-refractivity contribution in [2.45, 2.75) is 13.8 Å². The van der Waals surface area contributed by atoms with E-state index in [0.29, 0.717) is 28.6 Å². The molecule has 0 aliphatic carbocycles. The van der Waals surface area contributed by atoms with Gasteiger partial charge in [-0.2, -0.15) is 0 Å². The second-order valence-electron chi connectivity index (χ2n) is 5.80. The molecule has 1 heterocycles. The van der Waals surface area contributed by atoms with Gasteiger partial charge < -0.3 is 15.4 Å². The Morgan fingerprint density at radius 1 is 0.923 bits per heavy atom. The summed E-state index contributed by atoms with van der Waals surface area (Å²) in [7, 11) is 1.57. The number of nitrogens with one attached hydrogen (secondary N) is 2. The lowest BCUT2D eigenvalue weighted by atomic mass is 10.1. The van der Waals surface area contributed by atoms with E-state index in [1.54, 1.807) is 25.3 Å². The summed E-state index contributed by atoms with van der Waals surface area (Å²) in [6.07, 6.45) is 0. The minimum atomic E-state index is -0.248. The molecule has 6 heteroatoms. The fourth-order valence-corrected chi connectivity index (χ4v) is 2.63. The number of benzene rings is 2. The van der Waals surface area contributed by atoms with Gasteiger partial charge in [0.25, 0.3) is 5.91 Å². The van der Waals surface area contributed by atoms with Gasteiger partial charge in [-0.25, -0.2) is 9.97 Å². The van der Waals surface area contributed by atoms with Crippen LogP contribution < -0.4 is 15.4 Å². The number of hydrogen-bond acceptors (Lipinski definition) is 5. The summed E-state index contributed by atoms with van der Waals surface area (Å²) in [5, 5.41) is 6.02. The standard InChI is InChI=1S/C20H20N4O2/c1-13-12-14(2)22-20(21-13)24-16-9-5-4-8-15(16)19(25)23-17-10-6-7-11-18(17)26-3/h4-12H,1-3H3,(H,23,25)(H,21,22,24). The minimum absolute atomic E-state index is 0.248. The molecule has 6 nitrogen and oxygen atoms in total. The fraction of sp³-hybridized carbons (Fsp3) is 0.150. The number of methoxy groups -OCH3 is 1. The largest absolute Gasteiger partial charge is 0.495 e. The average molecular weight is 348 g/mol. The van der Waals surface area contributed by atoms with Crippen molar-refractivity contribution in [3.8, 4) is 5.75 Å². The van der Waals surface area contributed by atoms with Crippen LogP contribution in [0.4, 0.5) is 17.3 Å². The maximum Gasteiger partial charge on any atom is 0.257 e. The molecule has 0 spiro atoms. The van der Waals surface area contributed by atoms with Crippen molar-refractivity contribution < 1.29 is 9.53 Å². The molecule has 0 unspecified atom stereocenters. The minimum Gasteiger partial charge on any atom is -0.495 e. The zero-order valence-corrected chi connectivity index (χ0v) is 14.9. The second-order valence-corrected chi connectivity index (χ2v) is 5.80. The molecule has 132 valence electrons. The Kier molecular flexibility index (Phi) is 5.12. The monoisotopic (exact) mass is 348 g/mol. The smallest absolute Gasteiger partial charge is 0.257 e. The van der Waals surface area contributed by atoms with Crippen molar-refractivity contribution in [2.24, 2.45) is 0 Å². The van der Waals surface area contributed by atoms with Gasteiger partial charge in [0.1, 0.15) is 5.75 Å². The van der Waals surface area contributed by atoms with E-state index in [4.69, 9.17) is 4.74 Å². The molecule has 26 heavy (non-hydrogen) atoms. The van der Waals surface area contributed by atoms with Crippen LogP contribution in [0, 0.1) is 13.8 Å². The van der Waals surface area contributed by atoms with Gasteiger partial charge in [0.05, 0.1) is 24.0 Å². The van der Waals surface area contributed by atoms with Gasteiger partial charge in [-0.05, 0) is 44.2 Å². The first kappa shape index (κ1) is 17.4. The topological polar surface area (TPSA) is 76.1 Å². The van der Waals surface area contributed by atoms with Crippen LogP contribution >= 0.6 is 0 Å². The Bertz CT molecular complexity index is 920. The summed E-state index contributed by atoms with van der Waals surface area (Å²) >= 11 is 0. The molecule has 1 amide bonds.